The quantitative estimate of drug-likeness (QED) is 0.455. The molecule has 0 heterocycles. The number of nitrogens with zero attached hydrogens (tertiary/aromatic N) is 2. The Morgan fingerprint density at radius 1 is 1.40 bits per heavy atom. The maximum absolute atomic E-state index is 8.36. The van der Waals surface area contributed by atoms with Gasteiger partial charge in [-0.15, -0.1) is 0 Å². The molecule has 0 aromatic heterocycles. The Morgan fingerprint density at radius 3 is 2.20 bits per heavy atom. The van der Waals surface area contributed by atoms with E-state index in [0.29, 0.717) is 6.54 Å². The number of rotatable bonds is 3. The second-order valence-corrected chi connectivity index (χ2v) is 9.33. The Hall–Kier alpha value is -0.333. The van der Waals surface area contributed by atoms with Crippen LogP contribution in [0.1, 0.15) is 0 Å². The lowest BCUT2D eigenvalue weighted by Crippen LogP contribution is -2.38. The van der Waals surface area contributed by atoms with E-state index >= 15 is 0 Å². The van der Waals surface area contributed by atoms with Gasteiger partial charge in [-0.3, -0.25) is 4.90 Å². The molecular formula is C7H16N2Si. The van der Waals surface area contributed by atoms with E-state index in [1.807, 2.05) is 7.05 Å². The van der Waals surface area contributed by atoms with E-state index in [2.05, 4.69) is 30.6 Å². The van der Waals surface area contributed by atoms with Gasteiger partial charge >= 0.3 is 0 Å². The molecule has 10 heavy (non-hydrogen) atoms. The van der Waals surface area contributed by atoms with Gasteiger partial charge in [0.25, 0.3) is 0 Å². The topological polar surface area (TPSA) is 27.0 Å². The molecule has 0 amide bonds. The van der Waals surface area contributed by atoms with Gasteiger partial charge in [0.05, 0.1) is 20.7 Å². The Labute approximate surface area is 64.5 Å². The highest BCUT2D eigenvalue weighted by molar-refractivity contribution is 6.76. The van der Waals surface area contributed by atoms with E-state index in [1.165, 1.54) is 0 Å². The molecular weight excluding hydrogens is 140 g/mol. The largest absolute Gasteiger partial charge is 0.296 e. The normalized spacial score (nSPS) is 11.6. The first-order valence-electron chi connectivity index (χ1n) is 3.51. The van der Waals surface area contributed by atoms with Crippen molar-refractivity contribution in [1.82, 2.24) is 4.90 Å². The van der Waals surface area contributed by atoms with Crippen molar-refractivity contribution in [1.29, 1.82) is 5.26 Å². The summed E-state index contributed by atoms with van der Waals surface area (Å²) in [5, 5.41) is 8.36. The first-order valence-corrected chi connectivity index (χ1v) is 7.22. The van der Waals surface area contributed by atoms with Crippen LogP contribution in [0.2, 0.25) is 19.6 Å². The third-order valence-corrected chi connectivity index (χ3v) is 2.57. The van der Waals surface area contributed by atoms with Gasteiger partial charge in [0.15, 0.2) is 0 Å². The minimum Gasteiger partial charge on any atom is -0.296 e. The number of nitriles is 1. The zero-order chi connectivity index (χ0) is 8.20. The molecule has 58 valence electrons. The molecule has 0 atom stereocenters. The SMILES string of the molecule is CN(CC#N)C[Si](C)(C)C. The minimum absolute atomic E-state index is 0.560. The molecule has 0 unspecified atom stereocenters. The molecule has 0 aliphatic heterocycles. The van der Waals surface area contributed by atoms with Crippen LogP contribution in [0.15, 0.2) is 0 Å². The number of hydrogen-bond donors (Lipinski definition) is 0. The van der Waals surface area contributed by atoms with Gasteiger partial charge in [-0.1, -0.05) is 19.6 Å². The molecule has 0 saturated heterocycles. The van der Waals surface area contributed by atoms with E-state index in [0.717, 1.165) is 6.17 Å². The third-order valence-electron chi connectivity index (χ3n) is 1.08. The molecule has 0 aromatic carbocycles. The van der Waals surface area contributed by atoms with Crippen molar-refractivity contribution in [3.05, 3.63) is 0 Å². The summed E-state index contributed by atoms with van der Waals surface area (Å²) in [5.74, 6) is 0. The van der Waals surface area contributed by atoms with Crippen LogP contribution in [0.3, 0.4) is 0 Å². The summed E-state index contributed by atoms with van der Waals surface area (Å²) < 4.78 is 0. The van der Waals surface area contributed by atoms with Crippen LogP contribution in [0.4, 0.5) is 0 Å². The highest BCUT2D eigenvalue weighted by atomic mass is 28.3. The molecule has 0 saturated carbocycles. The fraction of sp³-hybridized carbons (Fsp3) is 0.857. The van der Waals surface area contributed by atoms with Crippen molar-refractivity contribution in [3.63, 3.8) is 0 Å². The smallest absolute Gasteiger partial charge is 0.0860 e. The van der Waals surface area contributed by atoms with Crippen LogP contribution in [-0.2, 0) is 0 Å². The van der Waals surface area contributed by atoms with E-state index in [9.17, 15) is 0 Å². The molecule has 0 rings (SSSR count). The zero-order valence-electron chi connectivity index (χ0n) is 7.31. The van der Waals surface area contributed by atoms with Gasteiger partial charge in [0, 0.05) is 0 Å². The highest BCUT2D eigenvalue weighted by Gasteiger charge is 2.14. The predicted molar refractivity (Wildman–Crippen MR) is 46.5 cm³/mol. The average molecular weight is 156 g/mol. The van der Waals surface area contributed by atoms with Gasteiger partial charge in [-0.25, -0.2) is 0 Å². The summed E-state index contributed by atoms with van der Waals surface area (Å²) in [4.78, 5) is 2.09. The van der Waals surface area contributed by atoms with E-state index in [4.69, 9.17) is 5.26 Å². The van der Waals surface area contributed by atoms with Crippen LogP contribution >= 0.6 is 0 Å². The molecule has 0 N–H and O–H groups in total. The predicted octanol–water partition coefficient (Wildman–Crippen LogP) is 1.32. The van der Waals surface area contributed by atoms with E-state index in [1.54, 1.807) is 0 Å². The second-order valence-electron chi connectivity index (χ2n) is 3.89. The maximum atomic E-state index is 8.36. The van der Waals surface area contributed by atoms with Crippen molar-refractivity contribution in [2.45, 2.75) is 19.6 Å². The third kappa shape index (κ3) is 5.80. The van der Waals surface area contributed by atoms with Crippen molar-refractivity contribution in [2.24, 2.45) is 0 Å². The first kappa shape index (κ1) is 9.67. The van der Waals surface area contributed by atoms with Crippen LogP contribution in [0, 0.1) is 11.3 Å². The molecule has 0 fully saturated rings. The van der Waals surface area contributed by atoms with Crippen molar-refractivity contribution in [3.8, 4) is 6.07 Å². The lowest BCUT2D eigenvalue weighted by Gasteiger charge is -2.22. The van der Waals surface area contributed by atoms with Crippen LogP contribution < -0.4 is 0 Å². The van der Waals surface area contributed by atoms with Crippen LogP contribution in [0.5, 0.6) is 0 Å². The Morgan fingerprint density at radius 2 is 1.90 bits per heavy atom. The fourth-order valence-corrected chi connectivity index (χ4v) is 2.72. The van der Waals surface area contributed by atoms with Crippen molar-refractivity contribution < 1.29 is 0 Å². The van der Waals surface area contributed by atoms with Gasteiger partial charge in [-0.2, -0.15) is 5.26 Å². The summed E-state index contributed by atoms with van der Waals surface area (Å²) in [5.41, 5.74) is 0. The summed E-state index contributed by atoms with van der Waals surface area (Å²) in [6.07, 6.45) is 1.11. The second kappa shape index (κ2) is 3.74. The first-order chi connectivity index (χ1) is 4.45. The van der Waals surface area contributed by atoms with Gasteiger partial charge in [0.2, 0.25) is 0 Å². The van der Waals surface area contributed by atoms with Crippen molar-refractivity contribution >= 4 is 8.07 Å². The van der Waals surface area contributed by atoms with Crippen LogP contribution in [-0.4, -0.2) is 32.7 Å². The van der Waals surface area contributed by atoms with Gasteiger partial charge in [-0.05, 0) is 13.2 Å². The summed E-state index contributed by atoms with van der Waals surface area (Å²) in [6, 6.07) is 2.14. The monoisotopic (exact) mass is 156 g/mol. The standard InChI is InChI=1S/C7H16N2Si/c1-9(6-5-8)7-10(2,3)4/h6-7H2,1-4H3. The Balaban J connectivity index is 3.60. The zero-order valence-corrected chi connectivity index (χ0v) is 8.31. The van der Waals surface area contributed by atoms with Crippen molar-refractivity contribution in [2.75, 3.05) is 19.8 Å². The lowest BCUT2D eigenvalue weighted by molar-refractivity contribution is 0.430. The highest BCUT2D eigenvalue weighted by Crippen LogP contribution is 2.01. The molecule has 2 nitrogen and oxygen atoms in total. The Kier molecular flexibility index (Phi) is 3.62. The van der Waals surface area contributed by atoms with Gasteiger partial charge in [0.1, 0.15) is 0 Å². The van der Waals surface area contributed by atoms with E-state index < -0.39 is 8.07 Å². The molecule has 0 bridgehead atoms. The maximum Gasteiger partial charge on any atom is 0.0860 e. The lowest BCUT2D eigenvalue weighted by atomic mass is 10.7. The van der Waals surface area contributed by atoms with Gasteiger partial charge < -0.3 is 0 Å². The van der Waals surface area contributed by atoms with Crippen LogP contribution in [0.25, 0.3) is 0 Å². The average Bonchev–Trinajstić information content (AvgIpc) is 1.59. The molecule has 0 radical (unpaired) electrons. The summed E-state index contributed by atoms with van der Waals surface area (Å²) in [6.45, 7) is 7.48. The molecule has 0 aliphatic carbocycles. The summed E-state index contributed by atoms with van der Waals surface area (Å²) >= 11 is 0. The summed E-state index contributed by atoms with van der Waals surface area (Å²) in [7, 11) is 1.02. The van der Waals surface area contributed by atoms with E-state index in [-0.39, 0.29) is 0 Å². The minimum atomic E-state index is -0.983. The fourth-order valence-electron chi connectivity index (χ4n) is 0.986. The molecule has 0 aliphatic rings. The number of hydrogen-bond acceptors (Lipinski definition) is 2. The molecule has 0 spiro atoms. The Bertz CT molecular complexity index is 132. The molecule has 0 aromatic rings. The molecule has 3 heteroatoms.